The summed E-state index contributed by atoms with van der Waals surface area (Å²) in [5.74, 6) is 0. The van der Waals surface area contributed by atoms with Gasteiger partial charge in [-0.15, -0.1) is 5.10 Å². The molecule has 0 saturated carbocycles. The smallest absolute Gasteiger partial charge is 0.0860 e. The molecule has 0 fully saturated rings. The maximum atomic E-state index is 4.24. The Bertz CT molecular complexity index is 676. The quantitative estimate of drug-likeness (QED) is 0.780. The van der Waals surface area contributed by atoms with E-state index in [1.165, 1.54) is 5.56 Å². The molecular weight excluding hydrogens is 260 g/mol. The molecule has 0 amide bonds. The first kappa shape index (κ1) is 13.5. The van der Waals surface area contributed by atoms with Crippen molar-refractivity contribution in [3.63, 3.8) is 0 Å². The van der Waals surface area contributed by atoms with Crippen LogP contribution in [-0.4, -0.2) is 21.5 Å². The van der Waals surface area contributed by atoms with E-state index in [0.29, 0.717) is 0 Å². The van der Waals surface area contributed by atoms with Crippen molar-refractivity contribution in [3.8, 4) is 5.69 Å². The highest BCUT2D eigenvalue weighted by Crippen LogP contribution is 2.23. The fraction of sp³-hybridized carbons (Fsp3) is 0.176. The Hall–Kier alpha value is -2.46. The number of benzene rings is 2. The fourth-order valence-corrected chi connectivity index (χ4v) is 2.45. The zero-order chi connectivity index (χ0) is 14.5. The molecule has 0 radical (unpaired) electrons. The minimum atomic E-state index is 0.0754. The standard InChI is InChI=1S/C17H18N4/c1-2-18-17(14-9-5-3-6-10-14)16-13-19-20-21(16)15-11-7-4-8-12-15/h3-13,17-18H,2H2,1H3. The van der Waals surface area contributed by atoms with Crippen LogP contribution in [0.15, 0.2) is 66.9 Å². The van der Waals surface area contributed by atoms with Crippen molar-refractivity contribution >= 4 is 0 Å². The topological polar surface area (TPSA) is 42.7 Å². The molecule has 4 heteroatoms. The van der Waals surface area contributed by atoms with Gasteiger partial charge in [-0.1, -0.05) is 60.7 Å². The maximum absolute atomic E-state index is 4.24. The summed E-state index contributed by atoms with van der Waals surface area (Å²) in [7, 11) is 0. The van der Waals surface area contributed by atoms with Crippen LogP contribution in [0, 0.1) is 0 Å². The summed E-state index contributed by atoms with van der Waals surface area (Å²) in [5, 5.41) is 11.9. The minimum absolute atomic E-state index is 0.0754. The van der Waals surface area contributed by atoms with Gasteiger partial charge in [-0.05, 0) is 24.2 Å². The zero-order valence-corrected chi connectivity index (χ0v) is 12.0. The Labute approximate surface area is 124 Å². The highest BCUT2D eigenvalue weighted by molar-refractivity contribution is 5.35. The SMILES string of the molecule is CCNC(c1ccccc1)c1cnnn1-c1ccccc1. The number of aromatic nitrogens is 3. The van der Waals surface area contributed by atoms with E-state index in [2.05, 4.69) is 46.8 Å². The van der Waals surface area contributed by atoms with Crippen LogP contribution in [0.3, 0.4) is 0 Å². The molecule has 0 saturated heterocycles. The van der Waals surface area contributed by atoms with Gasteiger partial charge in [0.1, 0.15) is 0 Å². The van der Waals surface area contributed by atoms with E-state index >= 15 is 0 Å². The molecule has 0 spiro atoms. The second-order valence-corrected chi connectivity index (χ2v) is 4.81. The molecule has 0 bridgehead atoms. The summed E-state index contributed by atoms with van der Waals surface area (Å²) in [6.07, 6.45) is 1.83. The molecule has 0 aliphatic heterocycles. The van der Waals surface area contributed by atoms with Crippen molar-refractivity contribution in [1.29, 1.82) is 0 Å². The van der Waals surface area contributed by atoms with E-state index < -0.39 is 0 Å². The van der Waals surface area contributed by atoms with Crippen LogP contribution >= 0.6 is 0 Å². The summed E-state index contributed by atoms with van der Waals surface area (Å²) >= 11 is 0. The molecular formula is C17H18N4. The zero-order valence-electron chi connectivity index (χ0n) is 12.0. The Morgan fingerprint density at radius 2 is 1.67 bits per heavy atom. The molecule has 21 heavy (non-hydrogen) atoms. The van der Waals surface area contributed by atoms with Crippen molar-refractivity contribution < 1.29 is 0 Å². The van der Waals surface area contributed by atoms with Crippen LogP contribution in [0.5, 0.6) is 0 Å². The van der Waals surface area contributed by atoms with E-state index in [4.69, 9.17) is 0 Å². The van der Waals surface area contributed by atoms with Crippen molar-refractivity contribution in [2.24, 2.45) is 0 Å². The van der Waals surface area contributed by atoms with Gasteiger partial charge in [-0.3, -0.25) is 0 Å². The van der Waals surface area contributed by atoms with Gasteiger partial charge in [0.2, 0.25) is 0 Å². The Kier molecular flexibility index (Phi) is 4.07. The molecule has 3 rings (SSSR count). The first-order chi connectivity index (χ1) is 10.4. The highest BCUT2D eigenvalue weighted by atomic mass is 15.4. The van der Waals surface area contributed by atoms with Gasteiger partial charge >= 0.3 is 0 Å². The minimum Gasteiger partial charge on any atom is -0.305 e. The number of rotatable bonds is 5. The van der Waals surface area contributed by atoms with E-state index in [1.54, 1.807) is 0 Å². The second kappa shape index (κ2) is 6.33. The maximum Gasteiger partial charge on any atom is 0.0860 e. The van der Waals surface area contributed by atoms with Crippen molar-refractivity contribution in [2.45, 2.75) is 13.0 Å². The van der Waals surface area contributed by atoms with Gasteiger partial charge in [0, 0.05) is 0 Å². The molecule has 4 nitrogen and oxygen atoms in total. The summed E-state index contributed by atoms with van der Waals surface area (Å²) in [6, 6.07) is 20.5. The molecule has 0 aliphatic rings. The lowest BCUT2D eigenvalue weighted by molar-refractivity contribution is 0.592. The molecule has 0 aliphatic carbocycles. The molecule has 3 aromatic rings. The number of nitrogens with zero attached hydrogens (tertiary/aromatic N) is 3. The van der Waals surface area contributed by atoms with Gasteiger partial charge in [0.15, 0.2) is 0 Å². The van der Waals surface area contributed by atoms with Gasteiger partial charge < -0.3 is 5.32 Å². The summed E-state index contributed by atoms with van der Waals surface area (Å²) < 4.78 is 1.89. The van der Waals surface area contributed by atoms with Crippen LogP contribution in [0.4, 0.5) is 0 Å². The Morgan fingerprint density at radius 1 is 1.00 bits per heavy atom. The predicted molar refractivity (Wildman–Crippen MR) is 83.3 cm³/mol. The van der Waals surface area contributed by atoms with Crippen molar-refractivity contribution in [3.05, 3.63) is 78.1 Å². The summed E-state index contributed by atoms with van der Waals surface area (Å²) in [4.78, 5) is 0. The average Bonchev–Trinajstić information content (AvgIpc) is 3.03. The van der Waals surface area contributed by atoms with Crippen molar-refractivity contribution in [2.75, 3.05) is 6.54 Å². The third kappa shape index (κ3) is 2.85. The van der Waals surface area contributed by atoms with Crippen LogP contribution in [0.2, 0.25) is 0 Å². The number of hydrogen-bond donors (Lipinski definition) is 1. The van der Waals surface area contributed by atoms with Crippen LogP contribution < -0.4 is 5.32 Å². The Balaban J connectivity index is 2.04. The first-order valence-electron chi connectivity index (χ1n) is 7.14. The van der Waals surface area contributed by atoms with Crippen LogP contribution in [0.25, 0.3) is 5.69 Å². The molecule has 1 heterocycles. The van der Waals surface area contributed by atoms with Crippen LogP contribution in [-0.2, 0) is 0 Å². The van der Waals surface area contributed by atoms with E-state index in [-0.39, 0.29) is 6.04 Å². The number of hydrogen-bond acceptors (Lipinski definition) is 3. The normalized spacial score (nSPS) is 12.2. The van der Waals surface area contributed by atoms with Gasteiger partial charge in [-0.25, -0.2) is 4.68 Å². The third-order valence-electron chi connectivity index (χ3n) is 3.41. The second-order valence-electron chi connectivity index (χ2n) is 4.81. The van der Waals surface area contributed by atoms with Crippen LogP contribution in [0.1, 0.15) is 24.2 Å². The summed E-state index contributed by atoms with van der Waals surface area (Å²) in [5.41, 5.74) is 3.26. The number of para-hydroxylation sites is 1. The lowest BCUT2D eigenvalue weighted by atomic mass is 10.0. The van der Waals surface area contributed by atoms with E-state index in [0.717, 1.165) is 17.9 Å². The van der Waals surface area contributed by atoms with Gasteiger partial charge in [0.25, 0.3) is 0 Å². The lowest BCUT2D eigenvalue weighted by Crippen LogP contribution is -2.24. The monoisotopic (exact) mass is 278 g/mol. The first-order valence-corrected chi connectivity index (χ1v) is 7.14. The molecule has 1 atom stereocenters. The number of nitrogens with one attached hydrogen (secondary N) is 1. The van der Waals surface area contributed by atoms with Gasteiger partial charge in [-0.2, -0.15) is 0 Å². The van der Waals surface area contributed by atoms with E-state index in [1.807, 2.05) is 47.3 Å². The Morgan fingerprint density at radius 3 is 2.33 bits per heavy atom. The summed E-state index contributed by atoms with van der Waals surface area (Å²) in [6.45, 7) is 2.98. The fourth-order valence-electron chi connectivity index (χ4n) is 2.45. The lowest BCUT2D eigenvalue weighted by Gasteiger charge is -2.19. The predicted octanol–water partition coefficient (Wildman–Crippen LogP) is 2.97. The van der Waals surface area contributed by atoms with Crippen molar-refractivity contribution in [1.82, 2.24) is 20.3 Å². The third-order valence-corrected chi connectivity index (χ3v) is 3.41. The molecule has 2 aromatic carbocycles. The molecule has 1 N–H and O–H groups in total. The molecule has 1 unspecified atom stereocenters. The molecule has 106 valence electrons. The van der Waals surface area contributed by atoms with Gasteiger partial charge in [0.05, 0.1) is 23.6 Å². The largest absolute Gasteiger partial charge is 0.305 e. The van der Waals surface area contributed by atoms with E-state index in [9.17, 15) is 0 Å². The highest BCUT2D eigenvalue weighted by Gasteiger charge is 2.18. The molecule has 1 aromatic heterocycles. The average molecular weight is 278 g/mol.